The molecule has 0 spiro atoms. The first-order chi connectivity index (χ1) is 9.99. The molecule has 2 fully saturated rings. The van der Waals surface area contributed by atoms with Crippen molar-refractivity contribution in [2.24, 2.45) is 11.8 Å². The minimum absolute atomic E-state index is 0.184. The number of carbonyl (C=O) groups is 2. The number of rotatable bonds is 2. The van der Waals surface area contributed by atoms with Crippen LogP contribution in [0, 0.1) is 11.8 Å². The van der Waals surface area contributed by atoms with Crippen LogP contribution in [0.3, 0.4) is 0 Å². The molecule has 0 aromatic rings. The average molecular weight is 296 g/mol. The molecule has 0 radical (unpaired) electrons. The summed E-state index contributed by atoms with van der Waals surface area (Å²) in [6.45, 7) is 5.05. The van der Waals surface area contributed by atoms with E-state index in [9.17, 15) is 14.7 Å². The van der Waals surface area contributed by atoms with E-state index >= 15 is 0 Å². The molecule has 0 aromatic carbocycles. The van der Waals surface area contributed by atoms with Crippen LogP contribution in [0.1, 0.15) is 58.8 Å². The Morgan fingerprint density at radius 2 is 1.81 bits per heavy atom. The maximum Gasteiger partial charge on any atom is 0.326 e. The standard InChI is InChI=1S/C16H28N2O3/c1-11-7-8-13(10-12(11)2)17-16(21)18-9-5-3-4-6-14(18)15(19)20/h11-14H,3-10H2,1-2H3,(H,17,21)(H,19,20). The number of hydrogen-bond acceptors (Lipinski definition) is 2. The number of urea groups is 1. The Balaban J connectivity index is 1.95. The summed E-state index contributed by atoms with van der Waals surface area (Å²) in [5, 5.41) is 12.4. The van der Waals surface area contributed by atoms with E-state index in [1.807, 2.05) is 0 Å². The van der Waals surface area contributed by atoms with Gasteiger partial charge in [0.15, 0.2) is 0 Å². The normalized spacial score (nSPS) is 34.1. The van der Waals surface area contributed by atoms with Gasteiger partial charge in [0.05, 0.1) is 0 Å². The number of nitrogens with zero attached hydrogens (tertiary/aromatic N) is 1. The molecule has 2 rings (SSSR count). The number of hydrogen-bond donors (Lipinski definition) is 2. The number of carbonyl (C=O) groups excluding carboxylic acids is 1. The molecule has 120 valence electrons. The zero-order valence-electron chi connectivity index (χ0n) is 13.2. The van der Waals surface area contributed by atoms with E-state index in [0.29, 0.717) is 24.8 Å². The Kier molecular flexibility index (Phi) is 5.48. The lowest BCUT2D eigenvalue weighted by molar-refractivity contribution is -0.142. The van der Waals surface area contributed by atoms with Gasteiger partial charge in [-0.1, -0.05) is 26.7 Å². The number of carboxylic acid groups (broad SMARTS) is 1. The summed E-state index contributed by atoms with van der Waals surface area (Å²) in [5.74, 6) is 0.448. The molecule has 2 amide bonds. The van der Waals surface area contributed by atoms with Crippen LogP contribution in [0.4, 0.5) is 4.79 Å². The van der Waals surface area contributed by atoms with Crippen LogP contribution in [0.2, 0.25) is 0 Å². The van der Waals surface area contributed by atoms with Gasteiger partial charge in [-0.05, 0) is 43.9 Å². The number of likely N-dealkylation sites (tertiary alicyclic amines) is 1. The summed E-state index contributed by atoms with van der Waals surface area (Å²) >= 11 is 0. The van der Waals surface area contributed by atoms with E-state index in [-0.39, 0.29) is 12.1 Å². The summed E-state index contributed by atoms with van der Waals surface area (Å²) in [6, 6.07) is -0.648. The minimum atomic E-state index is -0.877. The molecule has 1 aliphatic heterocycles. The van der Waals surface area contributed by atoms with Crippen molar-refractivity contribution in [2.75, 3.05) is 6.54 Å². The van der Waals surface area contributed by atoms with E-state index in [2.05, 4.69) is 19.2 Å². The third kappa shape index (κ3) is 4.11. The van der Waals surface area contributed by atoms with Crippen LogP contribution in [0.15, 0.2) is 0 Å². The fourth-order valence-electron chi connectivity index (χ4n) is 3.54. The summed E-state index contributed by atoms with van der Waals surface area (Å²) < 4.78 is 0. The zero-order chi connectivity index (χ0) is 15.4. The van der Waals surface area contributed by atoms with Crippen molar-refractivity contribution in [1.29, 1.82) is 0 Å². The highest BCUT2D eigenvalue weighted by Crippen LogP contribution is 2.29. The fourth-order valence-corrected chi connectivity index (χ4v) is 3.54. The molecule has 1 heterocycles. The van der Waals surface area contributed by atoms with Crippen molar-refractivity contribution >= 4 is 12.0 Å². The quantitative estimate of drug-likeness (QED) is 0.823. The van der Waals surface area contributed by atoms with E-state index < -0.39 is 12.0 Å². The predicted octanol–water partition coefficient (Wildman–Crippen LogP) is 2.85. The van der Waals surface area contributed by atoms with Crippen LogP contribution >= 0.6 is 0 Å². The van der Waals surface area contributed by atoms with Gasteiger partial charge in [-0.25, -0.2) is 9.59 Å². The summed E-state index contributed by atoms with van der Waals surface area (Å²) in [4.78, 5) is 25.4. The van der Waals surface area contributed by atoms with Crippen LogP contribution in [0.5, 0.6) is 0 Å². The molecule has 1 saturated carbocycles. The molecule has 0 bridgehead atoms. The first-order valence-electron chi connectivity index (χ1n) is 8.29. The second-order valence-corrected chi connectivity index (χ2v) is 6.81. The average Bonchev–Trinajstić information content (AvgIpc) is 2.68. The van der Waals surface area contributed by atoms with Gasteiger partial charge in [0.2, 0.25) is 0 Å². The zero-order valence-corrected chi connectivity index (χ0v) is 13.2. The lowest BCUT2D eigenvalue weighted by atomic mass is 9.79. The SMILES string of the molecule is CC1CCC(NC(=O)N2CCCCCC2C(=O)O)CC1C. The number of amides is 2. The van der Waals surface area contributed by atoms with Crippen LogP contribution in [-0.2, 0) is 4.79 Å². The highest BCUT2D eigenvalue weighted by Gasteiger charge is 2.33. The maximum absolute atomic E-state index is 12.5. The van der Waals surface area contributed by atoms with Crippen LogP contribution in [0.25, 0.3) is 0 Å². The van der Waals surface area contributed by atoms with Crippen molar-refractivity contribution in [3.63, 3.8) is 0 Å². The molecular formula is C16H28N2O3. The monoisotopic (exact) mass is 296 g/mol. The van der Waals surface area contributed by atoms with Gasteiger partial charge < -0.3 is 15.3 Å². The van der Waals surface area contributed by atoms with Gasteiger partial charge in [0.25, 0.3) is 0 Å². The van der Waals surface area contributed by atoms with Crippen molar-refractivity contribution in [3.8, 4) is 0 Å². The van der Waals surface area contributed by atoms with Crippen LogP contribution < -0.4 is 5.32 Å². The second kappa shape index (κ2) is 7.14. The number of aliphatic carboxylic acids is 1. The Hall–Kier alpha value is -1.26. The van der Waals surface area contributed by atoms with Crippen molar-refractivity contribution in [2.45, 2.75) is 70.9 Å². The molecule has 0 aromatic heterocycles. The van der Waals surface area contributed by atoms with E-state index in [1.54, 1.807) is 0 Å². The highest BCUT2D eigenvalue weighted by molar-refractivity contribution is 5.82. The van der Waals surface area contributed by atoms with Crippen LogP contribution in [-0.4, -0.2) is 40.6 Å². The Morgan fingerprint density at radius 3 is 2.48 bits per heavy atom. The summed E-state index contributed by atoms with van der Waals surface area (Å²) in [6.07, 6.45) is 6.50. The molecule has 5 heteroatoms. The van der Waals surface area contributed by atoms with Gasteiger partial charge in [-0.3, -0.25) is 0 Å². The Morgan fingerprint density at radius 1 is 1.05 bits per heavy atom. The Bertz CT molecular complexity index is 386. The smallest absolute Gasteiger partial charge is 0.326 e. The minimum Gasteiger partial charge on any atom is -0.480 e. The van der Waals surface area contributed by atoms with Crippen molar-refractivity contribution in [3.05, 3.63) is 0 Å². The molecule has 1 saturated heterocycles. The van der Waals surface area contributed by atoms with Gasteiger partial charge in [-0.2, -0.15) is 0 Å². The second-order valence-electron chi connectivity index (χ2n) is 6.81. The first kappa shape index (κ1) is 16.1. The van der Waals surface area contributed by atoms with Gasteiger partial charge in [0.1, 0.15) is 6.04 Å². The third-order valence-electron chi connectivity index (χ3n) is 5.22. The maximum atomic E-state index is 12.5. The molecule has 4 unspecified atom stereocenters. The number of carboxylic acids is 1. The number of nitrogens with one attached hydrogen (secondary N) is 1. The lowest BCUT2D eigenvalue weighted by Crippen LogP contribution is -2.52. The van der Waals surface area contributed by atoms with E-state index in [4.69, 9.17) is 0 Å². The third-order valence-corrected chi connectivity index (χ3v) is 5.22. The fraction of sp³-hybridized carbons (Fsp3) is 0.875. The molecule has 5 nitrogen and oxygen atoms in total. The largest absolute Gasteiger partial charge is 0.480 e. The van der Waals surface area contributed by atoms with E-state index in [0.717, 1.165) is 38.5 Å². The van der Waals surface area contributed by atoms with E-state index in [1.165, 1.54) is 4.90 Å². The summed E-state index contributed by atoms with van der Waals surface area (Å²) in [7, 11) is 0. The molecular weight excluding hydrogens is 268 g/mol. The Labute approximate surface area is 127 Å². The molecule has 21 heavy (non-hydrogen) atoms. The highest BCUT2D eigenvalue weighted by atomic mass is 16.4. The molecule has 1 aliphatic carbocycles. The molecule has 4 atom stereocenters. The summed E-state index contributed by atoms with van der Waals surface area (Å²) in [5.41, 5.74) is 0. The topological polar surface area (TPSA) is 69.6 Å². The predicted molar refractivity (Wildman–Crippen MR) is 81.1 cm³/mol. The van der Waals surface area contributed by atoms with Crippen molar-refractivity contribution < 1.29 is 14.7 Å². The van der Waals surface area contributed by atoms with Gasteiger partial charge >= 0.3 is 12.0 Å². The molecule has 2 aliphatic rings. The van der Waals surface area contributed by atoms with Crippen molar-refractivity contribution in [1.82, 2.24) is 10.2 Å². The molecule has 2 N–H and O–H groups in total. The van der Waals surface area contributed by atoms with Gasteiger partial charge in [0, 0.05) is 12.6 Å². The van der Waals surface area contributed by atoms with Gasteiger partial charge in [-0.15, -0.1) is 0 Å². The lowest BCUT2D eigenvalue weighted by Gasteiger charge is -2.35. The first-order valence-corrected chi connectivity index (χ1v) is 8.29.